The van der Waals surface area contributed by atoms with Crippen LogP contribution in [-0.2, 0) is 4.79 Å². The van der Waals surface area contributed by atoms with E-state index in [0.29, 0.717) is 17.1 Å². The molecule has 4 heteroatoms. The lowest BCUT2D eigenvalue weighted by atomic mass is 10.0. The van der Waals surface area contributed by atoms with Crippen LogP contribution in [0.2, 0.25) is 0 Å². The quantitative estimate of drug-likeness (QED) is 0.418. The molecule has 0 saturated carbocycles. The van der Waals surface area contributed by atoms with Gasteiger partial charge in [0.05, 0.1) is 0 Å². The fourth-order valence-corrected chi connectivity index (χ4v) is 1.53. The van der Waals surface area contributed by atoms with Crippen molar-refractivity contribution < 1.29 is 9.53 Å². The van der Waals surface area contributed by atoms with Crippen LogP contribution >= 0.6 is 0 Å². The Kier molecular flexibility index (Phi) is 2.88. The SMILES string of the molecule is CC(=O)Oc1c(C)c(N)c(C)c(N)c1C. The van der Waals surface area contributed by atoms with Crippen LogP contribution in [0.4, 0.5) is 11.4 Å². The molecule has 0 amide bonds. The van der Waals surface area contributed by atoms with Crippen LogP contribution in [0.15, 0.2) is 0 Å². The molecule has 0 bridgehead atoms. The van der Waals surface area contributed by atoms with E-state index < -0.39 is 0 Å². The van der Waals surface area contributed by atoms with Crippen molar-refractivity contribution >= 4 is 17.3 Å². The summed E-state index contributed by atoms with van der Waals surface area (Å²) in [6, 6.07) is 0. The molecule has 4 nitrogen and oxygen atoms in total. The van der Waals surface area contributed by atoms with Gasteiger partial charge in [-0.3, -0.25) is 4.79 Å². The summed E-state index contributed by atoms with van der Waals surface area (Å²) in [6.45, 7) is 6.83. The van der Waals surface area contributed by atoms with E-state index in [1.54, 1.807) is 0 Å². The largest absolute Gasteiger partial charge is 0.426 e. The predicted octanol–water partition coefficient (Wildman–Crippen LogP) is 1.70. The van der Waals surface area contributed by atoms with Crippen molar-refractivity contribution in [2.24, 2.45) is 0 Å². The van der Waals surface area contributed by atoms with E-state index >= 15 is 0 Å². The Labute approximate surface area is 89.2 Å². The highest BCUT2D eigenvalue weighted by molar-refractivity contribution is 5.77. The lowest BCUT2D eigenvalue weighted by Gasteiger charge is -2.16. The number of esters is 1. The Hall–Kier alpha value is -1.71. The lowest BCUT2D eigenvalue weighted by molar-refractivity contribution is -0.131. The van der Waals surface area contributed by atoms with Gasteiger partial charge in [-0.15, -0.1) is 0 Å². The summed E-state index contributed by atoms with van der Waals surface area (Å²) in [4.78, 5) is 10.9. The number of carbonyl (C=O) groups is 1. The van der Waals surface area contributed by atoms with Crippen LogP contribution < -0.4 is 16.2 Å². The second-order valence-corrected chi connectivity index (χ2v) is 3.63. The van der Waals surface area contributed by atoms with Crippen molar-refractivity contribution in [3.05, 3.63) is 16.7 Å². The minimum atomic E-state index is -0.371. The van der Waals surface area contributed by atoms with E-state index in [4.69, 9.17) is 16.2 Å². The molecule has 0 aliphatic heterocycles. The van der Waals surface area contributed by atoms with Crippen LogP contribution in [0, 0.1) is 20.8 Å². The molecule has 0 unspecified atom stereocenters. The molecule has 1 aromatic carbocycles. The first kappa shape index (κ1) is 11.4. The first-order valence-electron chi connectivity index (χ1n) is 4.69. The molecule has 15 heavy (non-hydrogen) atoms. The van der Waals surface area contributed by atoms with Crippen molar-refractivity contribution in [3.63, 3.8) is 0 Å². The predicted molar refractivity (Wildman–Crippen MR) is 60.8 cm³/mol. The first-order chi connectivity index (χ1) is 6.86. The number of hydrogen-bond donors (Lipinski definition) is 2. The summed E-state index contributed by atoms with van der Waals surface area (Å²) in [6.07, 6.45) is 0. The van der Waals surface area contributed by atoms with Gasteiger partial charge >= 0.3 is 5.97 Å². The standard InChI is InChI=1S/C11H16N2O2/c1-5-9(12)6(2)11(15-8(4)14)7(3)10(5)13/h12-13H2,1-4H3. The third-order valence-electron chi connectivity index (χ3n) is 2.54. The molecule has 0 aliphatic rings. The normalized spacial score (nSPS) is 10.1. The molecule has 0 aromatic heterocycles. The van der Waals surface area contributed by atoms with E-state index in [0.717, 1.165) is 16.7 Å². The highest BCUT2D eigenvalue weighted by Gasteiger charge is 2.15. The summed E-state index contributed by atoms with van der Waals surface area (Å²) in [5, 5.41) is 0. The Bertz CT molecular complexity index is 396. The molecule has 4 N–H and O–H groups in total. The van der Waals surface area contributed by atoms with E-state index in [1.165, 1.54) is 6.92 Å². The number of carbonyl (C=O) groups excluding carboxylic acids is 1. The summed E-state index contributed by atoms with van der Waals surface area (Å²) >= 11 is 0. The maximum Gasteiger partial charge on any atom is 0.308 e. The molecule has 0 spiro atoms. The zero-order valence-corrected chi connectivity index (χ0v) is 9.47. The third-order valence-corrected chi connectivity index (χ3v) is 2.54. The second-order valence-electron chi connectivity index (χ2n) is 3.63. The second kappa shape index (κ2) is 3.81. The Morgan fingerprint density at radius 3 is 1.73 bits per heavy atom. The Morgan fingerprint density at radius 2 is 1.40 bits per heavy atom. The van der Waals surface area contributed by atoms with Gasteiger partial charge in [0.25, 0.3) is 0 Å². The average Bonchev–Trinajstić information content (AvgIpc) is 2.18. The molecule has 0 aliphatic carbocycles. The van der Waals surface area contributed by atoms with Gasteiger partial charge < -0.3 is 16.2 Å². The van der Waals surface area contributed by atoms with Gasteiger partial charge in [-0.1, -0.05) is 0 Å². The van der Waals surface area contributed by atoms with Crippen molar-refractivity contribution in [1.82, 2.24) is 0 Å². The van der Waals surface area contributed by atoms with Gasteiger partial charge in [-0.05, 0) is 26.3 Å². The van der Waals surface area contributed by atoms with Crippen LogP contribution in [-0.4, -0.2) is 5.97 Å². The van der Waals surface area contributed by atoms with Crippen molar-refractivity contribution in [2.75, 3.05) is 11.5 Å². The maximum atomic E-state index is 10.9. The molecule has 82 valence electrons. The van der Waals surface area contributed by atoms with E-state index in [-0.39, 0.29) is 5.97 Å². The Balaban J connectivity index is 3.45. The van der Waals surface area contributed by atoms with Gasteiger partial charge in [-0.2, -0.15) is 0 Å². The number of ether oxygens (including phenoxy) is 1. The van der Waals surface area contributed by atoms with Gasteiger partial charge in [-0.25, -0.2) is 0 Å². The maximum absolute atomic E-state index is 10.9. The van der Waals surface area contributed by atoms with Crippen LogP contribution in [0.3, 0.4) is 0 Å². The topological polar surface area (TPSA) is 78.3 Å². The summed E-state index contributed by atoms with van der Waals surface area (Å²) in [7, 11) is 0. The third kappa shape index (κ3) is 1.88. The number of benzene rings is 1. The summed E-state index contributed by atoms with van der Waals surface area (Å²) < 4.78 is 5.09. The molecule has 0 saturated heterocycles. The van der Waals surface area contributed by atoms with Gasteiger partial charge in [0, 0.05) is 29.4 Å². The van der Waals surface area contributed by atoms with Crippen molar-refractivity contribution in [3.8, 4) is 5.75 Å². The van der Waals surface area contributed by atoms with Gasteiger partial charge in [0.2, 0.25) is 0 Å². The zero-order chi connectivity index (χ0) is 11.7. The van der Waals surface area contributed by atoms with Gasteiger partial charge in [0.15, 0.2) is 0 Å². The average molecular weight is 208 g/mol. The minimum absolute atomic E-state index is 0.371. The van der Waals surface area contributed by atoms with Crippen molar-refractivity contribution in [1.29, 1.82) is 0 Å². The lowest BCUT2D eigenvalue weighted by Crippen LogP contribution is -2.09. The molecule has 1 aromatic rings. The summed E-state index contributed by atoms with van der Waals surface area (Å²) in [5.41, 5.74) is 15.2. The monoisotopic (exact) mass is 208 g/mol. The molecule has 0 heterocycles. The first-order valence-corrected chi connectivity index (χ1v) is 4.69. The van der Waals surface area contributed by atoms with Crippen molar-refractivity contribution in [2.45, 2.75) is 27.7 Å². The number of nitrogen functional groups attached to an aromatic ring is 2. The molecular formula is C11H16N2O2. The summed E-state index contributed by atoms with van der Waals surface area (Å²) in [5.74, 6) is 0.104. The number of anilines is 2. The number of hydrogen-bond acceptors (Lipinski definition) is 4. The van der Waals surface area contributed by atoms with Crippen LogP contribution in [0.5, 0.6) is 5.75 Å². The highest BCUT2D eigenvalue weighted by Crippen LogP contribution is 2.36. The highest BCUT2D eigenvalue weighted by atomic mass is 16.5. The fourth-order valence-electron chi connectivity index (χ4n) is 1.53. The number of nitrogens with two attached hydrogens (primary N) is 2. The van der Waals surface area contributed by atoms with Gasteiger partial charge in [0.1, 0.15) is 5.75 Å². The minimum Gasteiger partial charge on any atom is -0.426 e. The van der Waals surface area contributed by atoms with E-state index in [1.807, 2.05) is 20.8 Å². The molecule has 0 atom stereocenters. The smallest absolute Gasteiger partial charge is 0.308 e. The Morgan fingerprint density at radius 1 is 1.00 bits per heavy atom. The van der Waals surface area contributed by atoms with Crippen LogP contribution in [0.25, 0.3) is 0 Å². The molecule has 1 rings (SSSR count). The molecular weight excluding hydrogens is 192 g/mol. The fraction of sp³-hybridized carbons (Fsp3) is 0.364. The zero-order valence-electron chi connectivity index (χ0n) is 9.47. The van der Waals surface area contributed by atoms with E-state index in [2.05, 4.69) is 0 Å². The van der Waals surface area contributed by atoms with E-state index in [9.17, 15) is 4.79 Å². The molecule has 0 fully saturated rings. The number of rotatable bonds is 1. The molecule has 0 radical (unpaired) electrons. The van der Waals surface area contributed by atoms with Crippen LogP contribution in [0.1, 0.15) is 23.6 Å².